The van der Waals surface area contributed by atoms with Gasteiger partial charge in [0, 0.05) is 0 Å². The molecule has 0 aromatic rings. The minimum atomic E-state index is 1.17. The van der Waals surface area contributed by atoms with E-state index in [1.807, 2.05) is 0 Å². The molecule has 1 aliphatic carbocycles. The number of hydrogen-bond acceptors (Lipinski definition) is 2. The van der Waals surface area contributed by atoms with E-state index in [-0.39, 0.29) is 0 Å². The Bertz CT molecular complexity index is 128. The molecule has 0 unspecified atom stereocenters. The van der Waals surface area contributed by atoms with Crippen LogP contribution in [0.2, 0.25) is 0 Å². The molecular weight excluding hydrogens is 308 g/mol. The summed E-state index contributed by atoms with van der Waals surface area (Å²) in [6.07, 6.45) is 7.56. The summed E-state index contributed by atoms with van der Waals surface area (Å²) < 4.78 is 1.47. The zero-order valence-corrected chi connectivity index (χ0v) is 7.48. The Hall–Kier alpha value is -0.531. The van der Waals surface area contributed by atoms with Crippen molar-refractivity contribution in [2.45, 2.75) is 6.42 Å². The first-order chi connectivity index (χ1) is 4.89. The van der Waals surface area contributed by atoms with Crippen molar-refractivity contribution in [3.8, 4) is 0 Å². The second-order valence-corrected chi connectivity index (χ2v) is 2.76. The molecule has 0 fully saturated rings. The van der Waals surface area contributed by atoms with Crippen LogP contribution in [0.4, 0.5) is 0 Å². The van der Waals surface area contributed by atoms with Gasteiger partial charge in [0.2, 0.25) is 0 Å². The Morgan fingerprint density at radius 3 is 1.90 bits per heavy atom. The maximum absolute atomic E-state index is 7.50. The second-order valence-electron chi connectivity index (χ2n) is 1.22. The van der Waals surface area contributed by atoms with Gasteiger partial charge >= 0.3 is 47.6 Å². The molecular formula is C7H5IrO2. The Kier molecular flexibility index (Phi) is 13.7. The first-order valence-corrected chi connectivity index (χ1v) is 3.49. The summed E-state index contributed by atoms with van der Waals surface area (Å²) in [5.41, 5.74) is 0. The van der Waals surface area contributed by atoms with Crippen LogP contribution in [0.1, 0.15) is 6.42 Å². The first kappa shape index (κ1) is 12.2. The fourth-order valence-electron chi connectivity index (χ4n) is 0.412. The van der Waals surface area contributed by atoms with Crippen LogP contribution in [-0.4, -0.2) is 13.6 Å². The van der Waals surface area contributed by atoms with E-state index in [1.165, 1.54) is 10.5 Å². The van der Waals surface area contributed by atoms with Crippen LogP contribution >= 0.6 is 0 Å². The zero-order chi connectivity index (χ0) is 8.41. The van der Waals surface area contributed by atoms with Gasteiger partial charge in [0.15, 0.2) is 0 Å². The monoisotopic (exact) mass is 314 g/mol. The van der Waals surface area contributed by atoms with Crippen molar-refractivity contribution in [1.82, 2.24) is 0 Å². The number of hydrogen-bond donors (Lipinski definition) is 0. The van der Waals surface area contributed by atoms with Crippen molar-refractivity contribution >= 4 is 13.6 Å². The van der Waals surface area contributed by atoms with E-state index in [2.05, 4.69) is 50.7 Å². The van der Waals surface area contributed by atoms with E-state index < -0.39 is 0 Å². The summed E-state index contributed by atoms with van der Waals surface area (Å²) in [6.45, 7) is 9.00. The SMILES string of the molecule is [C]=O.[C]=O.[Ir][C]1=CC=CC1. The molecule has 3 heteroatoms. The third kappa shape index (κ3) is 7.47. The molecule has 0 amide bonds. The molecule has 0 heterocycles. The van der Waals surface area contributed by atoms with Crippen LogP contribution in [0, 0.1) is 0 Å². The van der Waals surface area contributed by atoms with Crippen LogP contribution in [-0.2, 0) is 28.5 Å². The van der Waals surface area contributed by atoms with Crippen molar-refractivity contribution in [1.29, 1.82) is 0 Å². The average molecular weight is 313 g/mol. The summed E-state index contributed by atoms with van der Waals surface area (Å²) in [6, 6.07) is 0. The second kappa shape index (κ2) is 11.3. The molecule has 0 aromatic carbocycles. The van der Waals surface area contributed by atoms with E-state index >= 15 is 0 Å². The third-order valence-corrected chi connectivity index (χ3v) is 1.60. The van der Waals surface area contributed by atoms with Gasteiger partial charge in [0.05, 0.1) is 0 Å². The number of rotatable bonds is 0. The Morgan fingerprint density at radius 2 is 1.80 bits per heavy atom. The molecule has 1 rings (SSSR count). The molecule has 4 radical (unpaired) electrons. The molecule has 0 aliphatic heterocycles. The van der Waals surface area contributed by atoms with Crippen LogP contribution in [0.5, 0.6) is 0 Å². The van der Waals surface area contributed by atoms with Crippen molar-refractivity contribution < 1.29 is 28.5 Å². The van der Waals surface area contributed by atoms with Crippen LogP contribution in [0.3, 0.4) is 0 Å². The fourth-order valence-corrected chi connectivity index (χ4v) is 0.924. The van der Waals surface area contributed by atoms with Gasteiger partial charge in [-0.2, -0.15) is 0 Å². The van der Waals surface area contributed by atoms with Gasteiger partial charge in [0.1, 0.15) is 0 Å². The van der Waals surface area contributed by atoms with Crippen molar-refractivity contribution in [3.63, 3.8) is 0 Å². The topological polar surface area (TPSA) is 34.1 Å². The Labute approximate surface area is 71.2 Å². The number of allylic oxidation sites excluding steroid dienone is 4. The fraction of sp³-hybridized carbons (Fsp3) is 0.143. The van der Waals surface area contributed by atoms with E-state index in [9.17, 15) is 0 Å². The molecule has 0 N–H and O–H groups in total. The summed E-state index contributed by atoms with van der Waals surface area (Å²) >= 11 is 2.14. The predicted octanol–water partition coefficient (Wildman–Crippen LogP) is 0.583. The summed E-state index contributed by atoms with van der Waals surface area (Å²) in [7, 11) is 0. The molecule has 0 atom stereocenters. The molecule has 0 saturated carbocycles. The van der Waals surface area contributed by atoms with Gasteiger partial charge in [-0.3, -0.25) is 9.59 Å². The van der Waals surface area contributed by atoms with Crippen molar-refractivity contribution in [2.75, 3.05) is 0 Å². The third-order valence-electron chi connectivity index (χ3n) is 0.709. The maximum atomic E-state index is 7.50. The molecule has 2 nitrogen and oxygen atoms in total. The Morgan fingerprint density at radius 1 is 1.30 bits per heavy atom. The molecule has 10 heavy (non-hydrogen) atoms. The van der Waals surface area contributed by atoms with Gasteiger partial charge in [-0.1, -0.05) is 0 Å². The van der Waals surface area contributed by atoms with Gasteiger partial charge in [-0.25, -0.2) is 0 Å². The zero-order valence-electron chi connectivity index (χ0n) is 5.09. The van der Waals surface area contributed by atoms with Crippen molar-refractivity contribution in [2.24, 2.45) is 0 Å². The average Bonchev–Trinajstić information content (AvgIpc) is 2.48. The van der Waals surface area contributed by atoms with Gasteiger partial charge in [-0.05, 0) is 0 Å². The van der Waals surface area contributed by atoms with Gasteiger partial charge < -0.3 is 0 Å². The summed E-state index contributed by atoms with van der Waals surface area (Å²) in [4.78, 5) is 15.0. The minimum absolute atomic E-state index is 1.17. The molecule has 0 saturated heterocycles. The van der Waals surface area contributed by atoms with Crippen molar-refractivity contribution in [3.05, 3.63) is 22.3 Å². The van der Waals surface area contributed by atoms with E-state index in [4.69, 9.17) is 9.59 Å². The molecule has 0 bridgehead atoms. The van der Waals surface area contributed by atoms with Crippen LogP contribution in [0.15, 0.2) is 22.3 Å². The van der Waals surface area contributed by atoms with Crippen LogP contribution < -0.4 is 0 Å². The van der Waals surface area contributed by atoms with E-state index in [0.29, 0.717) is 0 Å². The normalized spacial score (nSPS) is 12.0. The quantitative estimate of drug-likeness (QED) is 0.656. The van der Waals surface area contributed by atoms with Gasteiger partial charge in [0.25, 0.3) is 13.6 Å². The standard InChI is InChI=1S/C5H5.2CO.Ir/c1-2-4-5-3-1;2*1-2;/h1-3H,4H2;;;. The number of carbonyl (C=O) groups excluding carboxylic acids is 2. The first-order valence-electron chi connectivity index (χ1n) is 2.29. The summed E-state index contributed by atoms with van der Waals surface area (Å²) in [5, 5.41) is 0. The molecule has 54 valence electrons. The molecule has 1 aliphatic rings. The predicted molar refractivity (Wildman–Crippen MR) is 33.2 cm³/mol. The van der Waals surface area contributed by atoms with E-state index in [1.54, 1.807) is 0 Å². The molecule has 0 spiro atoms. The summed E-state index contributed by atoms with van der Waals surface area (Å²) in [5.74, 6) is 0. The van der Waals surface area contributed by atoms with E-state index in [0.717, 1.165) is 0 Å². The van der Waals surface area contributed by atoms with Gasteiger partial charge in [-0.15, -0.1) is 0 Å². The molecule has 0 aromatic heterocycles. The Balaban J connectivity index is 0. The van der Waals surface area contributed by atoms with Crippen LogP contribution in [0.25, 0.3) is 0 Å².